The Hall–Kier alpha value is 0.270. The molecule has 0 aromatic carbocycles. The molecule has 3 aliphatic rings. The van der Waals surface area contributed by atoms with E-state index in [0.717, 1.165) is 12.6 Å². The first-order valence-corrected chi connectivity index (χ1v) is 10.4. The Kier molecular flexibility index (Phi) is 5.23. The lowest BCUT2D eigenvalue weighted by Crippen LogP contribution is -2.64. The molecule has 0 amide bonds. The summed E-state index contributed by atoms with van der Waals surface area (Å²) in [6.45, 7) is 4.25. The van der Waals surface area contributed by atoms with E-state index in [9.17, 15) is 0 Å². The molecular formula is C18H33NOS. The summed E-state index contributed by atoms with van der Waals surface area (Å²) in [6.07, 6.45) is 16.8. The molecule has 1 spiro atoms. The molecule has 3 fully saturated rings. The molecule has 0 aromatic rings. The van der Waals surface area contributed by atoms with Crippen molar-refractivity contribution in [2.24, 2.45) is 5.41 Å². The summed E-state index contributed by atoms with van der Waals surface area (Å²) in [5.41, 5.74) is 0.490. The third-order valence-corrected chi connectivity index (χ3v) is 7.97. The van der Waals surface area contributed by atoms with Gasteiger partial charge in [-0.25, -0.2) is 0 Å². The molecule has 3 saturated carbocycles. The summed E-state index contributed by atoms with van der Waals surface area (Å²) >= 11 is 2.12. The molecule has 1 N–H and O–H groups in total. The van der Waals surface area contributed by atoms with Crippen molar-refractivity contribution in [2.75, 3.05) is 19.4 Å². The van der Waals surface area contributed by atoms with Crippen molar-refractivity contribution in [3.05, 3.63) is 0 Å². The number of hydrogen-bond donors (Lipinski definition) is 1. The third-order valence-electron chi connectivity index (χ3n) is 6.56. The minimum atomic E-state index is 0.490. The summed E-state index contributed by atoms with van der Waals surface area (Å²) in [4.78, 5) is 0. The van der Waals surface area contributed by atoms with Gasteiger partial charge in [0, 0.05) is 29.4 Å². The fourth-order valence-corrected chi connectivity index (χ4v) is 6.06. The average Bonchev–Trinajstić information content (AvgIpc) is 3.04. The predicted molar refractivity (Wildman–Crippen MR) is 92.1 cm³/mol. The van der Waals surface area contributed by atoms with Gasteiger partial charge in [0.25, 0.3) is 0 Å². The van der Waals surface area contributed by atoms with Crippen LogP contribution >= 0.6 is 11.8 Å². The minimum absolute atomic E-state index is 0.490. The van der Waals surface area contributed by atoms with E-state index in [1.807, 2.05) is 0 Å². The van der Waals surface area contributed by atoms with Crippen LogP contribution in [0.5, 0.6) is 0 Å². The van der Waals surface area contributed by atoms with Crippen molar-refractivity contribution in [3.8, 4) is 0 Å². The van der Waals surface area contributed by atoms with Gasteiger partial charge in [-0.2, -0.15) is 11.8 Å². The third kappa shape index (κ3) is 3.03. The van der Waals surface area contributed by atoms with Gasteiger partial charge in [-0.1, -0.05) is 32.1 Å². The van der Waals surface area contributed by atoms with Gasteiger partial charge in [0.05, 0.1) is 6.10 Å². The fourth-order valence-electron chi connectivity index (χ4n) is 5.13. The summed E-state index contributed by atoms with van der Waals surface area (Å²) in [5.74, 6) is 0. The molecule has 0 bridgehead atoms. The van der Waals surface area contributed by atoms with Crippen LogP contribution in [0.25, 0.3) is 0 Å². The van der Waals surface area contributed by atoms with Crippen LogP contribution in [-0.2, 0) is 4.74 Å². The maximum Gasteiger partial charge on any atom is 0.0661 e. The van der Waals surface area contributed by atoms with Gasteiger partial charge in [-0.3, -0.25) is 0 Å². The van der Waals surface area contributed by atoms with Gasteiger partial charge in [0.15, 0.2) is 0 Å². The Bertz CT molecular complexity index is 334. The van der Waals surface area contributed by atoms with E-state index in [0.29, 0.717) is 16.3 Å². The van der Waals surface area contributed by atoms with Crippen LogP contribution in [-0.4, -0.2) is 36.3 Å². The van der Waals surface area contributed by atoms with Crippen molar-refractivity contribution < 1.29 is 4.74 Å². The molecule has 0 heterocycles. The van der Waals surface area contributed by atoms with Crippen molar-refractivity contribution in [1.29, 1.82) is 0 Å². The number of thioether (sulfide) groups is 1. The number of hydrogen-bond acceptors (Lipinski definition) is 3. The zero-order valence-electron chi connectivity index (χ0n) is 14.0. The van der Waals surface area contributed by atoms with Crippen LogP contribution in [0.4, 0.5) is 0 Å². The summed E-state index contributed by atoms with van der Waals surface area (Å²) < 4.78 is 6.57. The number of rotatable bonds is 6. The number of ether oxygens (including phenoxy) is 1. The van der Waals surface area contributed by atoms with E-state index >= 15 is 0 Å². The minimum Gasteiger partial charge on any atom is -0.378 e. The molecule has 3 rings (SSSR count). The molecule has 0 radical (unpaired) electrons. The Morgan fingerprint density at radius 3 is 2.33 bits per heavy atom. The van der Waals surface area contributed by atoms with Gasteiger partial charge in [0.1, 0.15) is 0 Å². The molecule has 122 valence electrons. The molecule has 2 atom stereocenters. The average molecular weight is 312 g/mol. The van der Waals surface area contributed by atoms with Crippen LogP contribution < -0.4 is 5.32 Å². The monoisotopic (exact) mass is 311 g/mol. The topological polar surface area (TPSA) is 21.3 Å². The highest BCUT2D eigenvalue weighted by molar-refractivity contribution is 8.00. The van der Waals surface area contributed by atoms with Crippen molar-refractivity contribution in [3.63, 3.8) is 0 Å². The molecule has 2 nitrogen and oxygen atoms in total. The molecule has 3 aliphatic carbocycles. The second-order valence-electron chi connectivity index (χ2n) is 7.50. The quantitative estimate of drug-likeness (QED) is 0.786. The highest BCUT2D eigenvalue weighted by Crippen LogP contribution is 2.55. The van der Waals surface area contributed by atoms with Crippen molar-refractivity contribution in [2.45, 2.75) is 88.0 Å². The van der Waals surface area contributed by atoms with E-state index < -0.39 is 0 Å². The standard InChI is InChI=1S/C18H33NOS/c1-3-20-16-13-15(18(16)11-7-8-12-18)19-14-17(21-2)9-5-4-6-10-17/h15-16,19H,3-14H2,1-2H3. The highest BCUT2D eigenvalue weighted by Gasteiger charge is 2.56. The maximum absolute atomic E-state index is 6.04. The molecule has 21 heavy (non-hydrogen) atoms. The maximum atomic E-state index is 6.04. The first kappa shape index (κ1) is 16.1. The lowest BCUT2D eigenvalue weighted by atomic mass is 9.60. The van der Waals surface area contributed by atoms with Crippen LogP contribution in [0.3, 0.4) is 0 Å². The SMILES string of the molecule is CCOC1CC(NCC2(SC)CCCCC2)C12CCCC2. The Labute approximate surface area is 135 Å². The second-order valence-corrected chi connectivity index (χ2v) is 8.78. The largest absolute Gasteiger partial charge is 0.378 e. The molecule has 2 unspecified atom stereocenters. The molecule has 0 aromatic heterocycles. The number of nitrogens with one attached hydrogen (secondary N) is 1. The van der Waals surface area contributed by atoms with E-state index in [-0.39, 0.29) is 0 Å². The van der Waals surface area contributed by atoms with Gasteiger partial charge in [0.2, 0.25) is 0 Å². The van der Waals surface area contributed by atoms with Crippen LogP contribution in [0.15, 0.2) is 0 Å². The molecular weight excluding hydrogens is 278 g/mol. The van der Waals surface area contributed by atoms with Gasteiger partial charge in [-0.15, -0.1) is 0 Å². The van der Waals surface area contributed by atoms with Gasteiger partial charge >= 0.3 is 0 Å². The summed E-state index contributed by atoms with van der Waals surface area (Å²) in [5, 5.41) is 4.00. The zero-order valence-corrected chi connectivity index (χ0v) is 14.8. The Morgan fingerprint density at radius 1 is 1.05 bits per heavy atom. The van der Waals surface area contributed by atoms with Crippen LogP contribution in [0, 0.1) is 5.41 Å². The van der Waals surface area contributed by atoms with Gasteiger partial charge < -0.3 is 10.1 Å². The van der Waals surface area contributed by atoms with Crippen LogP contribution in [0.1, 0.15) is 71.1 Å². The molecule has 3 heteroatoms. The van der Waals surface area contributed by atoms with E-state index in [1.54, 1.807) is 0 Å². The second kappa shape index (κ2) is 6.80. The normalized spacial score (nSPS) is 34.0. The summed E-state index contributed by atoms with van der Waals surface area (Å²) in [6, 6.07) is 0.725. The predicted octanol–water partition coefficient (Wildman–Crippen LogP) is 4.38. The van der Waals surface area contributed by atoms with Crippen molar-refractivity contribution >= 4 is 11.8 Å². The first-order chi connectivity index (χ1) is 10.2. The zero-order chi connectivity index (χ0) is 14.8. The van der Waals surface area contributed by atoms with Crippen LogP contribution in [0.2, 0.25) is 0 Å². The Morgan fingerprint density at radius 2 is 1.71 bits per heavy atom. The fraction of sp³-hybridized carbons (Fsp3) is 1.00. The lowest BCUT2D eigenvalue weighted by molar-refractivity contribution is -0.130. The molecule has 0 aliphatic heterocycles. The van der Waals surface area contributed by atoms with Gasteiger partial charge in [-0.05, 0) is 45.3 Å². The first-order valence-electron chi connectivity index (χ1n) is 9.15. The Balaban J connectivity index is 1.57. The van der Waals surface area contributed by atoms with E-state index in [4.69, 9.17) is 4.74 Å². The van der Waals surface area contributed by atoms with Crippen molar-refractivity contribution in [1.82, 2.24) is 5.32 Å². The summed E-state index contributed by atoms with van der Waals surface area (Å²) in [7, 11) is 0. The lowest BCUT2D eigenvalue weighted by Gasteiger charge is -2.55. The highest BCUT2D eigenvalue weighted by atomic mass is 32.2. The molecule has 0 saturated heterocycles. The smallest absolute Gasteiger partial charge is 0.0661 e. The van der Waals surface area contributed by atoms with E-state index in [2.05, 4.69) is 30.3 Å². The van der Waals surface area contributed by atoms with E-state index in [1.165, 1.54) is 70.8 Å².